The minimum absolute atomic E-state index is 0.131. The fraction of sp³-hybridized carbons (Fsp3) is 0.364. The number of benzene rings is 1. The van der Waals surface area contributed by atoms with Crippen molar-refractivity contribution < 1.29 is 4.79 Å². The van der Waals surface area contributed by atoms with Gasteiger partial charge in [-0.25, -0.2) is 0 Å². The summed E-state index contributed by atoms with van der Waals surface area (Å²) < 4.78 is 0. The monoisotopic (exact) mass is 243 g/mol. The zero-order valence-electron chi connectivity index (χ0n) is 8.09. The van der Waals surface area contributed by atoms with E-state index in [-0.39, 0.29) is 5.91 Å². The fourth-order valence-electron chi connectivity index (χ4n) is 1.78. The van der Waals surface area contributed by atoms with E-state index in [4.69, 9.17) is 23.2 Å². The summed E-state index contributed by atoms with van der Waals surface area (Å²) in [5.41, 5.74) is 1.14. The normalized spacial score (nSPS) is 21.2. The first-order valence-corrected chi connectivity index (χ1v) is 5.64. The molecule has 0 aromatic heterocycles. The maximum absolute atomic E-state index is 11.0. The molecule has 80 valence electrons. The lowest BCUT2D eigenvalue weighted by Crippen LogP contribution is -2.33. The van der Waals surface area contributed by atoms with Crippen LogP contribution in [-0.4, -0.2) is 12.5 Å². The first kappa shape index (κ1) is 10.8. The summed E-state index contributed by atoms with van der Waals surface area (Å²) >= 11 is 11.8. The van der Waals surface area contributed by atoms with Crippen LogP contribution in [0.25, 0.3) is 0 Å². The summed E-state index contributed by atoms with van der Waals surface area (Å²) in [5, 5.41) is 3.99. The number of amides is 1. The van der Waals surface area contributed by atoms with Crippen LogP contribution in [0.2, 0.25) is 10.0 Å². The molecular formula is C11H11Cl2NO. The Morgan fingerprint density at radius 2 is 2.07 bits per heavy atom. The van der Waals surface area contributed by atoms with E-state index in [2.05, 4.69) is 5.32 Å². The maximum Gasteiger partial charge on any atom is 0.220 e. The molecule has 0 bridgehead atoms. The van der Waals surface area contributed by atoms with Crippen LogP contribution in [0.15, 0.2) is 18.2 Å². The molecular weight excluding hydrogens is 233 g/mol. The SMILES string of the molecule is O=C1CCC(c2ccc(Cl)c(Cl)c2)CN1. The molecule has 1 atom stereocenters. The molecule has 15 heavy (non-hydrogen) atoms. The fourth-order valence-corrected chi connectivity index (χ4v) is 2.09. The summed E-state index contributed by atoms with van der Waals surface area (Å²) in [6.07, 6.45) is 1.47. The van der Waals surface area contributed by atoms with Gasteiger partial charge in [-0.3, -0.25) is 4.79 Å². The molecule has 2 nitrogen and oxygen atoms in total. The molecule has 1 saturated heterocycles. The van der Waals surface area contributed by atoms with Crippen LogP contribution in [0.5, 0.6) is 0 Å². The van der Waals surface area contributed by atoms with E-state index >= 15 is 0 Å². The lowest BCUT2D eigenvalue weighted by atomic mass is 9.91. The highest BCUT2D eigenvalue weighted by atomic mass is 35.5. The third kappa shape index (κ3) is 2.44. The number of carbonyl (C=O) groups excluding carboxylic acids is 1. The second kappa shape index (κ2) is 4.42. The van der Waals surface area contributed by atoms with Crippen LogP contribution in [0, 0.1) is 0 Å². The largest absolute Gasteiger partial charge is 0.355 e. The van der Waals surface area contributed by atoms with Crippen LogP contribution in [-0.2, 0) is 4.79 Å². The highest BCUT2D eigenvalue weighted by molar-refractivity contribution is 6.42. The number of hydrogen-bond donors (Lipinski definition) is 1. The predicted molar refractivity (Wildman–Crippen MR) is 61.4 cm³/mol. The van der Waals surface area contributed by atoms with E-state index < -0.39 is 0 Å². The molecule has 1 fully saturated rings. The smallest absolute Gasteiger partial charge is 0.220 e. The summed E-state index contributed by atoms with van der Waals surface area (Å²) in [6.45, 7) is 0.691. The molecule has 1 aromatic carbocycles. The van der Waals surface area contributed by atoms with Gasteiger partial charge in [-0.1, -0.05) is 29.3 Å². The summed E-state index contributed by atoms with van der Waals surface area (Å²) in [7, 11) is 0. The van der Waals surface area contributed by atoms with E-state index in [1.165, 1.54) is 0 Å². The topological polar surface area (TPSA) is 29.1 Å². The lowest BCUT2D eigenvalue weighted by Gasteiger charge is -2.22. The van der Waals surface area contributed by atoms with Gasteiger partial charge in [0.25, 0.3) is 0 Å². The number of rotatable bonds is 1. The number of nitrogens with one attached hydrogen (secondary N) is 1. The Labute approximate surface area is 98.6 Å². The molecule has 0 radical (unpaired) electrons. The Morgan fingerprint density at radius 1 is 1.27 bits per heavy atom. The van der Waals surface area contributed by atoms with E-state index in [0.29, 0.717) is 28.9 Å². The third-order valence-corrected chi connectivity index (χ3v) is 3.42. The standard InChI is InChI=1S/C11H11Cl2NO/c12-9-3-1-7(5-10(9)13)8-2-4-11(15)14-6-8/h1,3,5,8H,2,4,6H2,(H,14,15). The molecule has 1 heterocycles. The molecule has 1 aliphatic rings. The molecule has 0 spiro atoms. The predicted octanol–water partition coefficient (Wildman–Crippen LogP) is 2.99. The van der Waals surface area contributed by atoms with Gasteiger partial charge in [-0.15, -0.1) is 0 Å². The van der Waals surface area contributed by atoms with Gasteiger partial charge < -0.3 is 5.32 Å². The summed E-state index contributed by atoms with van der Waals surface area (Å²) in [5.74, 6) is 0.490. The molecule has 1 aromatic rings. The van der Waals surface area contributed by atoms with Gasteiger partial charge >= 0.3 is 0 Å². The number of hydrogen-bond acceptors (Lipinski definition) is 1. The van der Waals surface area contributed by atoms with Gasteiger partial charge in [0.1, 0.15) is 0 Å². The molecule has 1 N–H and O–H groups in total. The van der Waals surface area contributed by atoms with Crippen LogP contribution < -0.4 is 5.32 Å². The zero-order valence-corrected chi connectivity index (χ0v) is 9.61. The molecule has 2 rings (SSSR count). The van der Waals surface area contributed by atoms with E-state index in [1.54, 1.807) is 6.07 Å². The Bertz CT molecular complexity index is 382. The molecule has 1 aliphatic heterocycles. The van der Waals surface area contributed by atoms with Crippen molar-refractivity contribution in [1.82, 2.24) is 5.32 Å². The van der Waals surface area contributed by atoms with Gasteiger partial charge in [0.2, 0.25) is 5.91 Å². The van der Waals surface area contributed by atoms with E-state index in [9.17, 15) is 4.79 Å². The van der Waals surface area contributed by atoms with Crippen molar-refractivity contribution in [3.8, 4) is 0 Å². The minimum atomic E-state index is 0.131. The van der Waals surface area contributed by atoms with E-state index in [0.717, 1.165) is 12.0 Å². The highest BCUT2D eigenvalue weighted by Crippen LogP contribution is 2.29. The quantitative estimate of drug-likeness (QED) is 0.808. The molecule has 1 unspecified atom stereocenters. The Balaban J connectivity index is 2.16. The second-order valence-electron chi connectivity index (χ2n) is 3.71. The van der Waals surface area contributed by atoms with Crippen molar-refractivity contribution in [1.29, 1.82) is 0 Å². The van der Waals surface area contributed by atoms with Crippen molar-refractivity contribution in [2.45, 2.75) is 18.8 Å². The van der Waals surface area contributed by atoms with Crippen molar-refractivity contribution in [2.24, 2.45) is 0 Å². The van der Waals surface area contributed by atoms with Gasteiger partial charge in [-0.2, -0.15) is 0 Å². The van der Waals surface area contributed by atoms with Gasteiger partial charge in [0.05, 0.1) is 10.0 Å². The molecule has 4 heteroatoms. The molecule has 0 saturated carbocycles. The summed E-state index contributed by atoms with van der Waals surface area (Å²) in [4.78, 5) is 11.0. The van der Waals surface area contributed by atoms with Crippen LogP contribution in [0.3, 0.4) is 0 Å². The van der Waals surface area contributed by atoms with Crippen LogP contribution in [0.1, 0.15) is 24.3 Å². The Morgan fingerprint density at radius 3 is 2.67 bits per heavy atom. The summed E-state index contributed by atoms with van der Waals surface area (Å²) in [6, 6.07) is 5.65. The van der Waals surface area contributed by atoms with Gasteiger partial charge in [0, 0.05) is 18.9 Å². The third-order valence-electron chi connectivity index (χ3n) is 2.68. The first-order valence-electron chi connectivity index (χ1n) is 4.88. The molecule has 1 amide bonds. The minimum Gasteiger partial charge on any atom is -0.355 e. The van der Waals surface area contributed by atoms with Crippen molar-refractivity contribution >= 4 is 29.1 Å². The van der Waals surface area contributed by atoms with Crippen molar-refractivity contribution in [2.75, 3.05) is 6.54 Å². The Kier molecular flexibility index (Phi) is 3.17. The van der Waals surface area contributed by atoms with Crippen LogP contribution in [0.4, 0.5) is 0 Å². The number of carbonyl (C=O) groups is 1. The second-order valence-corrected chi connectivity index (χ2v) is 4.53. The average molecular weight is 244 g/mol. The van der Waals surface area contributed by atoms with Crippen molar-refractivity contribution in [3.05, 3.63) is 33.8 Å². The van der Waals surface area contributed by atoms with Crippen LogP contribution >= 0.6 is 23.2 Å². The van der Waals surface area contributed by atoms with E-state index in [1.807, 2.05) is 12.1 Å². The highest BCUT2D eigenvalue weighted by Gasteiger charge is 2.19. The maximum atomic E-state index is 11.0. The first-order chi connectivity index (χ1) is 7.16. The lowest BCUT2D eigenvalue weighted by molar-refractivity contribution is -0.122. The number of halogens is 2. The van der Waals surface area contributed by atoms with Crippen molar-refractivity contribution in [3.63, 3.8) is 0 Å². The van der Waals surface area contributed by atoms with Gasteiger partial charge in [-0.05, 0) is 24.1 Å². The molecule has 0 aliphatic carbocycles. The Hall–Kier alpha value is -0.730. The number of piperidine rings is 1. The zero-order chi connectivity index (χ0) is 10.8. The average Bonchev–Trinajstić information content (AvgIpc) is 2.23. The van der Waals surface area contributed by atoms with Gasteiger partial charge in [0.15, 0.2) is 0 Å².